The van der Waals surface area contributed by atoms with Gasteiger partial charge < -0.3 is 16.0 Å². The lowest BCUT2D eigenvalue weighted by molar-refractivity contribution is -0.115. The number of guanidine groups is 1. The maximum atomic E-state index is 13.1. The molecule has 0 saturated heterocycles. The Labute approximate surface area is 153 Å². The lowest BCUT2D eigenvalue weighted by Gasteiger charge is -2.18. The van der Waals surface area contributed by atoms with Gasteiger partial charge in [-0.05, 0) is 43.5 Å². The third-order valence-electron chi connectivity index (χ3n) is 3.84. The number of nitrogens with zero attached hydrogens (tertiary/aromatic N) is 1. The number of carbonyl (C=O) groups excluding carboxylic acids is 1. The lowest BCUT2D eigenvalue weighted by Crippen LogP contribution is -2.45. The van der Waals surface area contributed by atoms with Crippen molar-refractivity contribution in [2.24, 2.45) is 4.99 Å². The van der Waals surface area contributed by atoms with Crippen molar-refractivity contribution >= 4 is 17.6 Å². The summed E-state index contributed by atoms with van der Waals surface area (Å²) in [4.78, 5) is 16.1. The van der Waals surface area contributed by atoms with Gasteiger partial charge in [0.25, 0.3) is 0 Å². The predicted molar refractivity (Wildman–Crippen MR) is 104 cm³/mol. The van der Waals surface area contributed by atoms with Crippen molar-refractivity contribution in [2.75, 3.05) is 18.9 Å². The first-order chi connectivity index (χ1) is 12.6. The number of anilines is 1. The van der Waals surface area contributed by atoms with Crippen LogP contribution in [0.3, 0.4) is 0 Å². The van der Waals surface area contributed by atoms with Crippen LogP contribution in [-0.2, 0) is 11.2 Å². The van der Waals surface area contributed by atoms with Gasteiger partial charge in [0.15, 0.2) is 5.96 Å². The van der Waals surface area contributed by atoms with Crippen LogP contribution in [0, 0.1) is 5.82 Å². The second-order valence-corrected chi connectivity index (χ2v) is 6.05. The summed E-state index contributed by atoms with van der Waals surface area (Å²) in [7, 11) is 1.66. The van der Waals surface area contributed by atoms with Crippen LogP contribution in [0.1, 0.15) is 18.9 Å². The summed E-state index contributed by atoms with van der Waals surface area (Å²) in [5, 5.41) is 8.87. The zero-order valence-electron chi connectivity index (χ0n) is 15.1. The van der Waals surface area contributed by atoms with Gasteiger partial charge >= 0.3 is 0 Å². The first kappa shape index (κ1) is 19.4. The summed E-state index contributed by atoms with van der Waals surface area (Å²) >= 11 is 0. The molecule has 0 spiro atoms. The molecule has 0 aliphatic carbocycles. The molecule has 0 aliphatic heterocycles. The highest BCUT2D eigenvalue weighted by molar-refractivity contribution is 5.95. The Balaban J connectivity index is 1.73. The molecule has 3 N–H and O–H groups in total. The molecule has 1 atom stereocenters. The Hall–Kier alpha value is -2.89. The van der Waals surface area contributed by atoms with Crippen LogP contribution < -0.4 is 16.0 Å². The van der Waals surface area contributed by atoms with Crippen molar-refractivity contribution in [3.63, 3.8) is 0 Å². The average molecular weight is 356 g/mol. The number of aliphatic imine (C=N–C) groups is 1. The minimum absolute atomic E-state index is 0.0432. The molecule has 138 valence electrons. The number of rotatable bonds is 7. The van der Waals surface area contributed by atoms with E-state index in [4.69, 9.17) is 0 Å². The molecule has 2 aromatic carbocycles. The van der Waals surface area contributed by atoms with Crippen molar-refractivity contribution in [3.05, 3.63) is 66.0 Å². The molecule has 0 aromatic heterocycles. The quantitative estimate of drug-likeness (QED) is 0.528. The maximum Gasteiger partial charge on any atom is 0.243 e. The highest BCUT2D eigenvalue weighted by atomic mass is 19.1. The Morgan fingerprint density at radius 2 is 1.92 bits per heavy atom. The average Bonchev–Trinajstić information content (AvgIpc) is 2.64. The highest BCUT2D eigenvalue weighted by Gasteiger charge is 2.08. The van der Waals surface area contributed by atoms with Gasteiger partial charge in [-0.15, -0.1) is 0 Å². The minimum Gasteiger partial charge on any atom is -0.354 e. The van der Waals surface area contributed by atoms with Crippen LogP contribution in [0.2, 0.25) is 0 Å². The molecule has 1 amide bonds. The molecular formula is C20H25FN4O. The molecule has 5 nitrogen and oxygen atoms in total. The van der Waals surface area contributed by atoms with E-state index >= 15 is 0 Å². The Bertz CT molecular complexity index is 734. The molecule has 0 radical (unpaired) electrons. The van der Waals surface area contributed by atoms with Crippen LogP contribution in [0.5, 0.6) is 0 Å². The van der Waals surface area contributed by atoms with E-state index in [0.29, 0.717) is 11.6 Å². The smallest absolute Gasteiger partial charge is 0.243 e. The van der Waals surface area contributed by atoms with Gasteiger partial charge in [-0.3, -0.25) is 9.79 Å². The predicted octanol–water partition coefficient (Wildman–Crippen LogP) is 2.95. The van der Waals surface area contributed by atoms with Crippen molar-refractivity contribution in [1.29, 1.82) is 0 Å². The van der Waals surface area contributed by atoms with Gasteiger partial charge in [0.2, 0.25) is 5.91 Å². The zero-order chi connectivity index (χ0) is 18.8. The normalized spacial score (nSPS) is 12.3. The molecule has 0 heterocycles. The standard InChI is InChI=1S/C20H25FN4O/c1-15(11-12-16-7-4-3-5-8-16)24-20(22-2)23-14-19(26)25-18-10-6-9-17(21)13-18/h3-10,13,15H,11-12,14H2,1-2H3,(H,25,26)(H2,22,23,24). The molecule has 0 saturated carbocycles. The third-order valence-corrected chi connectivity index (χ3v) is 3.84. The zero-order valence-corrected chi connectivity index (χ0v) is 15.1. The Kier molecular flexibility index (Phi) is 7.61. The SMILES string of the molecule is CN=C(NCC(=O)Nc1cccc(F)c1)NC(C)CCc1ccccc1. The van der Waals surface area contributed by atoms with E-state index < -0.39 is 0 Å². The van der Waals surface area contributed by atoms with E-state index in [1.165, 1.54) is 17.7 Å². The number of hydrogen-bond donors (Lipinski definition) is 3. The monoisotopic (exact) mass is 356 g/mol. The van der Waals surface area contributed by atoms with E-state index in [1.807, 2.05) is 18.2 Å². The Morgan fingerprint density at radius 1 is 1.15 bits per heavy atom. The number of benzene rings is 2. The van der Waals surface area contributed by atoms with Gasteiger partial charge in [0, 0.05) is 18.8 Å². The van der Waals surface area contributed by atoms with Crippen molar-refractivity contribution < 1.29 is 9.18 Å². The van der Waals surface area contributed by atoms with E-state index in [2.05, 4.69) is 40.0 Å². The summed E-state index contributed by atoms with van der Waals surface area (Å²) in [6.07, 6.45) is 1.91. The minimum atomic E-state index is -0.388. The molecule has 0 aliphatic rings. The summed E-state index contributed by atoms with van der Waals surface area (Å²) < 4.78 is 13.1. The Morgan fingerprint density at radius 3 is 2.62 bits per heavy atom. The largest absolute Gasteiger partial charge is 0.354 e. The van der Waals surface area contributed by atoms with Gasteiger partial charge in [0.1, 0.15) is 5.82 Å². The fraction of sp³-hybridized carbons (Fsp3) is 0.300. The molecular weight excluding hydrogens is 331 g/mol. The van der Waals surface area contributed by atoms with E-state index in [9.17, 15) is 9.18 Å². The number of carbonyl (C=O) groups is 1. The molecule has 0 fully saturated rings. The van der Waals surface area contributed by atoms with Crippen LogP contribution in [0.4, 0.5) is 10.1 Å². The lowest BCUT2D eigenvalue weighted by atomic mass is 10.1. The number of halogens is 1. The molecule has 26 heavy (non-hydrogen) atoms. The topological polar surface area (TPSA) is 65.5 Å². The van der Waals surface area contributed by atoms with E-state index in [0.717, 1.165) is 12.8 Å². The summed E-state index contributed by atoms with van der Waals surface area (Å²) in [5.41, 5.74) is 1.72. The summed E-state index contributed by atoms with van der Waals surface area (Å²) in [6, 6.07) is 16.3. The number of amides is 1. The number of hydrogen-bond acceptors (Lipinski definition) is 2. The highest BCUT2D eigenvalue weighted by Crippen LogP contribution is 2.08. The van der Waals surface area contributed by atoms with Gasteiger partial charge in [-0.1, -0.05) is 36.4 Å². The van der Waals surface area contributed by atoms with E-state index in [1.54, 1.807) is 19.2 Å². The number of aryl methyl sites for hydroxylation is 1. The van der Waals surface area contributed by atoms with Crippen LogP contribution in [0.25, 0.3) is 0 Å². The molecule has 6 heteroatoms. The van der Waals surface area contributed by atoms with Crippen LogP contribution in [-0.4, -0.2) is 31.5 Å². The van der Waals surface area contributed by atoms with Crippen LogP contribution in [0.15, 0.2) is 59.6 Å². The summed E-state index contributed by atoms with van der Waals surface area (Å²) in [5.74, 6) is -0.101. The number of nitrogens with one attached hydrogen (secondary N) is 3. The van der Waals surface area contributed by atoms with Gasteiger partial charge in [0.05, 0.1) is 6.54 Å². The second kappa shape index (κ2) is 10.2. The molecule has 0 bridgehead atoms. The van der Waals surface area contributed by atoms with Crippen molar-refractivity contribution in [3.8, 4) is 0 Å². The first-order valence-electron chi connectivity index (χ1n) is 8.63. The second-order valence-electron chi connectivity index (χ2n) is 6.05. The van der Waals surface area contributed by atoms with Gasteiger partial charge in [-0.25, -0.2) is 4.39 Å². The third kappa shape index (κ3) is 6.93. The summed E-state index contributed by atoms with van der Waals surface area (Å²) in [6.45, 7) is 2.12. The van der Waals surface area contributed by atoms with Crippen LogP contribution >= 0.6 is 0 Å². The van der Waals surface area contributed by atoms with Gasteiger partial charge in [-0.2, -0.15) is 0 Å². The van der Waals surface area contributed by atoms with Crippen molar-refractivity contribution in [2.45, 2.75) is 25.8 Å². The fourth-order valence-corrected chi connectivity index (χ4v) is 2.46. The molecule has 2 rings (SSSR count). The fourth-order valence-electron chi connectivity index (χ4n) is 2.46. The molecule has 2 aromatic rings. The molecule has 1 unspecified atom stereocenters. The van der Waals surface area contributed by atoms with Crippen molar-refractivity contribution in [1.82, 2.24) is 10.6 Å². The maximum absolute atomic E-state index is 13.1. The van der Waals surface area contributed by atoms with E-state index in [-0.39, 0.29) is 24.3 Å². The first-order valence-corrected chi connectivity index (χ1v) is 8.63.